The number of unbranched alkanes of at least 4 members (excludes halogenated alkanes) is 2. The summed E-state index contributed by atoms with van der Waals surface area (Å²) in [6, 6.07) is 3.75. The van der Waals surface area contributed by atoms with Crippen molar-refractivity contribution < 1.29 is 5.11 Å². The van der Waals surface area contributed by atoms with E-state index in [4.69, 9.17) is 16.2 Å². The van der Waals surface area contributed by atoms with Gasteiger partial charge in [-0.1, -0.05) is 0 Å². The lowest BCUT2D eigenvalue weighted by molar-refractivity contribution is 0.283. The van der Waals surface area contributed by atoms with E-state index in [0.717, 1.165) is 31.5 Å². The second-order valence-electron chi connectivity index (χ2n) is 3.99. The quantitative estimate of drug-likeness (QED) is 0.374. The Hall–Kier alpha value is -1.62. The predicted octanol–water partition coefficient (Wildman–Crippen LogP) is 0.964. The van der Waals surface area contributed by atoms with Crippen LogP contribution < -0.4 is 10.6 Å². The van der Waals surface area contributed by atoms with Crippen molar-refractivity contribution in [1.29, 1.82) is 5.41 Å². The summed E-state index contributed by atoms with van der Waals surface area (Å²) >= 11 is 0. The first-order valence-corrected chi connectivity index (χ1v) is 5.78. The highest BCUT2D eigenvalue weighted by Gasteiger charge is 2.09. The molecule has 0 radical (unpaired) electrons. The molecule has 0 amide bonds. The van der Waals surface area contributed by atoms with Crippen LogP contribution in [0.1, 0.15) is 25.0 Å². The van der Waals surface area contributed by atoms with Crippen LogP contribution in [0, 0.1) is 5.41 Å². The molecule has 94 valence electrons. The minimum atomic E-state index is -0.0113. The van der Waals surface area contributed by atoms with E-state index in [-0.39, 0.29) is 12.4 Å². The summed E-state index contributed by atoms with van der Waals surface area (Å²) in [7, 11) is 1.96. The molecule has 0 aliphatic rings. The number of pyridine rings is 1. The van der Waals surface area contributed by atoms with E-state index in [1.807, 2.05) is 24.1 Å². The fourth-order valence-corrected chi connectivity index (χ4v) is 1.67. The highest BCUT2D eigenvalue weighted by molar-refractivity contribution is 5.98. The Kier molecular flexibility index (Phi) is 5.42. The maximum atomic E-state index is 8.70. The van der Waals surface area contributed by atoms with E-state index in [1.165, 1.54) is 0 Å². The zero-order valence-electron chi connectivity index (χ0n) is 10.2. The van der Waals surface area contributed by atoms with Gasteiger partial charge in [0, 0.05) is 26.4 Å². The number of anilines is 1. The third-order valence-corrected chi connectivity index (χ3v) is 2.60. The number of aliphatic hydroxyl groups excluding tert-OH is 1. The maximum Gasteiger partial charge on any atom is 0.143 e. The lowest BCUT2D eigenvalue weighted by Crippen LogP contribution is -2.24. The number of hydrogen-bond donors (Lipinski definition) is 3. The zero-order valence-corrected chi connectivity index (χ0v) is 10.2. The third kappa shape index (κ3) is 4.03. The number of nitrogens with one attached hydrogen (secondary N) is 1. The molecule has 1 aromatic heterocycles. The minimum absolute atomic E-state index is 0.0113. The number of hydrogen-bond acceptors (Lipinski definition) is 4. The van der Waals surface area contributed by atoms with Gasteiger partial charge in [-0.05, 0) is 31.4 Å². The third-order valence-electron chi connectivity index (χ3n) is 2.60. The van der Waals surface area contributed by atoms with E-state index in [1.54, 1.807) is 6.20 Å². The molecule has 0 saturated carbocycles. The predicted molar refractivity (Wildman–Crippen MR) is 69.5 cm³/mol. The monoisotopic (exact) mass is 236 g/mol. The number of nitrogen functional groups attached to an aromatic ring is 1. The van der Waals surface area contributed by atoms with Gasteiger partial charge in [-0.3, -0.25) is 10.4 Å². The van der Waals surface area contributed by atoms with Crippen LogP contribution in [0.25, 0.3) is 0 Å². The van der Waals surface area contributed by atoms with Gasteiger partial charge >= 0.3 is 0 Å². The lowest BCUT2D eigenvalue weighted by atomic mass is 10.2. The van der Waals surface area contributed by atoms with E-state index >= 15 is 0 Å². The molecule has 0 unspecified atom stereocenters. The first kappa shape index (κ1) is 13.4. The molecule has 1 rings (SSSR count). The number of amidine groups is 1. The Morgan fingerprint density at radius 2 is 2.24 bits per heavy atom. The first-order chi connectivity index (χ1) is 8.16. The number of aromatic nitrogens is 1. The summed E-state index contributed by atoms with van der Waals surface area (Å²) in [6.45, 7) is 1.11. The van der Waals surface area contributed by atoms with Crippen molar-refractivity contribution in [3.63, 3.8) is 0 Å². The zero-order chi connectivity index (χ0) is 12.7. The largest absolute Gasteiger partial charge is 0.396 e. The molecular weight excluding hydrogens is 216 g/mol. The highest BCUT2D eigenvalue weighted by atomic mass is 16.2. The van der Waals surface area contributed by atoms with Gasteiger partial charge in [0.2, 0.25) is 0 Å². The smallest absolute Gasteiger partial charge is 0.143 e. The van der Waals surface area contributed by atoms with Crippen molar-refractivity contribution >= 4 is 11.5 Å². The summed E-state index contributed by atoms with van der Waals surface area (Å²) in [6.07, 6.45) is 4.47. The van der Waals surface area contributed by atoms with Crippen LogP contribution in [0.2, 0.25) is 0 Å². The van der Waals surface area contributed by atoms with Crippen LogP contribution in [-0.2, 0) is 0 Å². The fourth-order valence-electron chi connectivity index (χ4n) is 1.67. The van der Waals surface area contributed by atoms with Gasteiger partial charge in [0.1, 0.15) is 11.5 Å². The molecule has 5 nitrogen and oxygen atoms in total. The second kappa shape index (κ2) is 6.85. The van der Waals surface area contributed by atoms with E-state index < -0.39 is 0 Å². The molecule has 0 atom stereocenters. The van der Waals surface area contributed by atoms with Crippen molar-refractivity contribution in [2.45, 2.75) is 19.3 Å². The highest BCUT2D eigenvalue weighted by Crippen LogP contribution is 2.16. The van der Waals surface area contributed by atoms with Crippen LogP contribution in [-0.4, -0.2) is 36.1 Å². The molecule has 0 aliphatic heterocycles. The molecule has 17 heavy (non-hydrogen) atoms. The average molecular weight is 236 g/mol. The summed E-state index contributed by atoms with van der Waals surface area (Å²) < 4.78 is 0. The molecule has 0 fully saturated rings. The molecule has 5 heteroatoms. The van der Waals surface area contributed by atoms with Gasteiger partial charge in [-0.2, -0.15) is 0 Å². The lowest BCUT2D eigenvalue weighted by Gasteiger charge is -2.21. The SMILES string of the molecule is CN(CCCCCO)c1cccnc1C(=N)N. The summed E-state index contributed by atoms with van der Waals surface area (Å²) in [5.41, 5.74) is 6.89. The number of aliphatic hydroxyl groups is 1. The Labute approximate surface area is 102 Å². The van der Waals surface area contributed by atoms with Crippen LogP contribution >= 0.6 is 0 Å². The van der Waals surface area contributed by atoms with Crippen molar-refractivity contribution in [2.24, 2.45) is 5.73 Å². The number of nitrogens with two attached hydrogens (primary N) is 1. The fraction of sp³-hybridized carbons (Fsp3) is 0.500. The van der Waals surface area contributed by atoms with Gasteiger partial charge in [0.15, 0.2) is 0 Å². The Morgan fingerprint density at radius 3 is 2.88 bits per heavy atom. The average Bonchev–Trinajstić information content (AvgIpc) is 2.34. The molecule has 0 aliphatic carbocycles. The minimum Gasteiger partial charge on any atom is -0.396 e. The topological polar surface area (TPSA) is 86.2 Å². The molecule has 1 heterocycles. The molecule has 0 aromatic carbocycles. The van der Waals surface area contributed by atoms with Gasteiger partial charge in [-0.25, -0.2) is 0 Å². The van der Waals surface area contributed by atoms with Crippen molar-refractivity contribution in [1.82, 2.24) is 4.98 Å². The standard InChI is InChI=1S/C12H20N4O/c1-16(8-3-2-4-9-17)10-6-5-7-15-11(10)12(13)14/h5-7,17H,2-4,8-9H2,1H3,(H3,13,14). The van der Waals surface area contributed by atoms with E-state index in [2.05, 4.69) is 4.98 Å². The van der Waals surface area contributed by atoms with Crippen LogP contribution in [0.15, 0.2) is 18.3 Å². The van der Waals surface area contributed by atoms with Crippen molar-refractivity contribution in [3.8, 4) is 0 Å². The van der Waals surface area contributed by atoms with Gasteiger partial charge in [0.25, 0.3) is 0 Å². The molecule has 0 saturated heterocycles. The van der Waals surface area contributed by atoms with Crippen LogP contribution in [0.3, 0.4) is 0 Å². The maximum absolute atomic E-state index is 8.70. The van der Waals surface area contributed by atoms with Crippen molar-refractivity contribution in [2.75, 3.05) is 25.1 Å². The van der Waals surface area contributed by atoms with Gasteiger partial charge < -0.3 is 15.7 Å². The molecular formula is C12H20N4O. The van der Waals surface area contributed by atoms with E-state index in [9.17, 15) is 0 Å². The normalized spacial score (nSPS) is 10.2. The Balaban J connectivity index is 2.62. The number of rotatable bonds is 7. The van der Waals surface area contributed by atoms with E-state index in [0.29, 0.717) is 5.69 Å². The molecule has 1 aromatic rings. The first-order valence-electron chi connectivity index (χ1n) is 5.78. The Bertz CT molecular complexity index is 367. The Morgan fingerprint density at radius 1 is 1.47 bits per heavy atom. The summed E-state index contributed by atoms with van der Waals surface area (Å²) in [5, 5.41) is 16.2. The molecule has 0 bridgehead atoms. The van der Waals surface area contributed by atoms with Crippen LogP contribution in [0.5, 0.6) is 0 Å². The summed E-state index contributed by atoms with van der Waals surface area (Å²) in [5.74, 6) is -0.0113. The molecule has 0 spiro atoms. The van der Waals surface area contributed by atoms with Gasteiger partial charge in [-0.15, -0.1) is 0 Å². The van der Waals surface area contributed by atoms with Crippen molar-refractivity contribution in [3.05, 3.63) is 24.0 Å². The number of nitrogens with zero attached hydrogens (tertiary/aromatic N) is 2. The van der Waals surface area contributed by atoms with Crippen LogP contribution in [0.4, 0.5) is 5.69 Å². The summed E-state index contributed by atoms with van der Waals surface area (Å²) in [4.78, 5) is 6.16. The second-order valence-corrected chi connectivity index (χ2v) is 3.99. The molecule has 4 N–H and O–H groups in total. The van der Waals surface area contributed by atoms with Gasteiger partial charge in [0.05, 0.1) is 5.69 Å².